The van der Waals surface area contributed by atoms with Crippen molar-refractivity contribution < 1.29 is 0 Å². The van der Waals surface area contributed by atoms with Crippen molar-refractivity contribution >= 4 is 5.69 Å². The van der Waals surface area contributed by atoms with Gasteiger partial charge >= 0.3 is 0 Å². The zero-order valence-corrected chi connectivity index (χ0v) is 9.71. The lowest BCUT2D eigenvalue weighted by atomic mass is 10.1. The fraction of sp³-hybridized carbons (Fsp3) is 0.538. The summed E-state index contributed by atoms with van der Waals surface area (Å²) in [5.41, 5.74) is 7.56. The Morgan fingerprint density at radius 1 is 1.27 bits per heavy atom. The van der Waals surface area contributed by atoms with E-state index in [0.717, 1.165) is 6.42 Å². The van der Waals surface area contributed by atoms with Crippen molar-refractivity contribution in [3.63, 3.8) is 0 Å². The molecule has 0 aliphatic carbocycles. The topological polar surface area (TPSA) is 15.3 Å². The summed E-state index contributed by atoms with van der Waals surface area (Å²) >= 11 is 0. The van der Waals surface area contributed by atoms with Crippen LogP contribution in [0, 0.1) is 6.92 Å². The maximum atomic E-state index is 3.53. The van der Waals surface area contributed by atoms with Crippen molar-refractivity contribution in [3.8, 4) is 0 Å². The van der Waals surface area contributed by atoms with Crippen LogP contribution in [-0.4, -0.2) is 18.1 Å². The van der Waals surface area contributed by atoms with Gasteiger partial charge in [-0.2, -0.15) is 0 Å². The van der Waals surface area contributed by atoms with E-state index in [9.17, 15) is 0 Å². The lowest BCUT2D eigenvalue weighted by Gasteiger charge is -2.20. The molecule has 0 amide bonds. The molecule has 1 fully saturated rings. The van der Waals surface area contributed by atoms with E-state index in [0.29, 0.717) is 0 Å². The lowest BCUT2D eigenvalue weighted by molar-refractivity contribution is 0.410. The number of aryl methyl sites for hydroxylation is 2. The molecule has 0 aromatic heterocycles. The second-order valence-corrected chi connectivity index (χ2v) is 4.32. The number of nitrogens with zero attached hydrogens (tertiary/aromatic N) is 1. The van der Waals surface area contributed by atoms with Crippen molar-refractivity contribution in [3.05, 3.63) is 29.3 Å². The molecule has 0 atom stereocenters. The Kier molecular flexibility index (Phi) is 3.27. The predicted octanol–water partition coefficient (Wildman–Crippen LogP) is 2.98. The van der Waals surface area contributed by atoms with Crippen LogP contribution in [0.4, 0.5) is 5.69 Å². The van der Waals surface area contributed by atoms with E-state index in [1.807, 2.05) is 0 Å². The average molecular weight is 204 g/mol. The van der Waals surface area contributed by atoms with Crippen molar-refractivity contribution in [2.24, 2.45) is 0 Å². The van der Waals surface area contributed by atoms with Gasteiger partial charge in [-0.3, -0.25) is 0 Å². The van der Waals surface area contributed by atoms with Gasteiger partial charge in [0, 0.05) is 13.1 Å². The quantitative estimate of drug-likeness (QED) is 0.814. The van der Waals surface area contributed by atoms with E-state index in [4.69, 9.17) is 0 Å². The lowest BCUT2D eigenvalue weighted by Crippen LogP contribution is -2.26. The van der Waals surface area contributed by atoms with Crippen LogP contribution in [-0.2, 0) is 6.42 Å². The molecule has 1 saturated heterocycles. The first kappa shape index (κ1) is 10.5. The number of benzene rings is 1. The van der Waals surface area contributed by atoms with Crippen LogP contribution in [0.15, 0.2) is 18.2 Å². The van der Waals surface area contributed by atoms with Gasteiger partial charge in [-0.15, -0.1) is 0 Å². The SMILES string of the molecule is CCc1ccc(C)cc1NN1CCCC1. The molecule has 1 aliphatic rings. The highest BCUT2D eigenvalue weighted by Crippen LogP contribution is 2.20. The molecule has 2 nitrogen and oxygen atoms in total. The zero-order valence-electron chi connectivity index (χ0n) is 9.71. The van der Waals surface area contributed by atoms with Gasteiger partial charge in [0.05, 0.1) is 5.69 Å². The highest BCUT2D eigenvalue weighted by molar-refractivity contribution is 5.52. The van der Waals surface area contributed by atoms with Crippen LogP contribution in [0.25, 0.3) is 0 Å². The summed E-state index contributed by atoms with van der Waals surface area (Å²) in [7, 11) is 0. The van der Waals surface area contributed by atoms with Crippen LogP contribution in [0.2, 0.25) is 0 Å². The summed E-state index contributed by atoms with van der Waals surface area (Å²) in [5.74, 6) is 0. The molecule has 1 N–H and O–H groups in total. The first-order valence-electron chi connectivity index (χ1n) is 5.90. The maximum Gasteiger partial charge on any atom is 0.0524 e. The molecule has 2 rings (SSSR count). The van der Waals surface area contributed by atoms with Crippen LogP contribution in [0.1, 0.15) is 30.9 Å². The smallest absolute Gasteiger partial charge is 0.0524 e. The Morgan fingerprint density at radius 2 is 2.00 bits per heavy atom. The molecule has 1 heterocycles. The van der Waals surface area contributed by atoms with Gasteiger partial charge in [0.25, 0.3) is 0 Å². The third kappa shape index (κ3) is 2.51. The van der Waals surface area contributed by atoms with Crippen molar-refractivity contribution in [2.75, 3.05) is 18.5 Å². The van der Waals surface area contributed by atoms with Gasteiger partial charge < -0.3 is 5.43 Å². The number of anilines is 1. The van der Waals surface area contributed by atoms with Gasteiger partial charge in [0.1, 0.15) is 0 Å². The van der Waals surface area contributed by atoms with E-state index in [-0.39, 0.29) is 0 Å². The van der Waals surface area contributed by atoms with Gasteiger partial charge in [0.2, 0.25) is 0 Å². The van der Waals surface area contributed by atoms with E-state index < -0.39 is 0 Å². The Hall–Kier alpha value is -1.02. The molecule has 1 aromatic rings. The van der Waals surface area contributed by atoms with E-state index in [2.05, 4.69) is 42.5 Å². The Morgan fingerprint density at radius 3 is 2.67 bits per heavy atom. The number of hydrogen-bond donors (Lipinski definition) is 1. The molecule has 0 radical (unpaired) electrons. The highest BCUT2D eigenvalue weighted by atomic mass is 15.5. The standard InChI is InChI=1S/C13H20N2/c1-3-12-7-6-11(2)10-13(12)14-15-8-4-5-9-15/h6-7,10,14H,3-5,8-9H2,1-2H3. The molecule has 15 heavy (non-hydrogen) atoms. The summed E-state index contributed by atoms with van der Waals surface area (Å²) in [4.78, 5) is 0. The fourth-order valence-electron chi connectivity index (χ4n) is 2.10. The van der Waals surface area contributed by atoms with Gasteiger partial charge in [0.15, 0.2) is 0 Å². The van der Waals surface area contributed by atoms with Crippen molar-refractivity contribution in [1.29, 1.82) is 0 Å². The molecule has 1 aliphatic heterocycles. The van der Waals surface area contributed by atoms with Crippen LogP contribution < -0.4 is 5.43 Å². The predicted molar refractivity (Wildman–Crippen MR) is 65.0 cm³/mol. The van der Waals surface area contributed by atoms with Crippen LogP contribution in [0.3, 0.4) is 0 Å². The number of nitrogens with one attached hydrogen (secondary N) is 1. The second kappa shape index (κ2) is 4.67. The maximum absolute atomic E-state index is 3.53. The third-order valence-electron chi connectivity index (χ3n) is 3.03. The number of hydrogen-bond acceptors (Lipinski definition) is 2. The molecular weight excluding hydrogens is 184 g/mol. The number of hydrazine groups is 1. The van der Waals surface area contributed by atoms with E-state index in [1.54, 1.807) is 0 Å². The zero-order chi connectivity index (χ0) is 10.7. The summed E-state index contributed by atoms with van der Waals surface area (Å²) < 4.78 is 0. The number of rotatable bonds is 3. The summed E-state index contributed by atoms with van der Waals surface area (Å²) in [6.07, 6.45) is 3.73. The monoisotopic (exact) mass is 204 g/mol. The van der Waals surface area contributed by atoms with E-state index in [1.165, 1.54) is 42.7 Å². The summed E-state index contributed by atoms with van der Waals surface area (Å²) in [5, 5.41) is 2.33. The molecule has 0 spiro atoms. The van der Waals surface area contributed by atoms with Crippen LogP contribution >= 0.6 is 0 Å². The molecule has 1 aromatic carbocycles. The molecule has 2 heteroatoms. The minimum absolute atomic E-state index is 1.09. The minimum atomic E-state index is 1.09. The second-order valence-electron chi connectivity index (χ2n) is 4.32. The van der Waals surface area contributed by atoms with E-state index >= 15 is 0 Å². The molecule has 0 bridgehead atoms. The average Bonchev–Trinajstić information content (AvgIpc) is 2.71. The van der Waals surface area contributed by atoms with Crippen molar-refractivity contribution in [1.82, 2.24) is 5.01 Å². The summed E-state index contributed by atoms with van der Waals surface area (Å²) in [6, 6.07) is 6.67. The molecule has 82 valence electrons. The molecule has 0 saturated carbocycles. The first-order chi connectivity index (χ1) is 7.29. The van der Waals surface area contributed by atoms with Gasteiger partial charge in [-0.1, -0.05) is 19.1 Å². The normalized spacial score (nSPS) is 16.9. The minimum Gasteiger partial charge on any atom is -0.319 e. The summed E-state index contributed by atoms with van der Waals surface area (Å²) in [6.45, 7) is 6.71. The fourth-order valence-corrected chi connectivity index (χ4v) is 2.10. The van der Waals surface area contributed by atoms with Crippen molar-refractivity contribution in [2.45, 2.75) is 33.1 Å². The third-order valence-corrected chi connectivity index (χ3v) is 3.03. The molecule has 0 unspecified atom stereocenters. The van der Waals surface area contributed by atoms with Gasteiger partial charge in [-0.05, 0) is 43.4 Å². The highest BCUT2D eigenvalue weighted by Gasteiger charge is 2.12. The molecular formula is C13H20N2. The van der Waals surface area contributed by atoms with Crippen LogP contribution in [0.5, 0.6) is 0 Å². The Balaban J connectivity index is 2.14. The Bertz CT molecular complexity index is 327. The van der Waals surface area contributed by atoms with Gasteiger partial charge in [-0.25, -0.2) is 5.01 Å². The Labute approximate surface area is 92.3 Å². The first-order valence-corrected chi connectivity index (χ1v) is 5.90. The largest absolute Gasteiger partial charge is 0.319 e.